The zero-order chi connectivity index (χ0) is 15.9. The van der Waals surface area contributed by atoms with Gasteiger partial charge in [0.2, 0.25) is 5.91 Å². The minimum atomic E-state index is -0.282. The van der Waals surface area contributed by atoms with Gasteiger partial charge in [-0.05, 0) is 49.2 Å². The summed E-state index contributed by atoms with van der Waals surface area (Å²) in [6.45, 7) is 9.15. The van der Waals surface area contributed by atoms with Gasteiger partial charge in [0.15, 0.2) is 0 Å². The lowest BCUT2D eigenvalue weighted by molar-refractivity contribution is -0.125. The fourth-order valence-electron chi connectivity index (χ4n) is 2.91. The molecule has 3 nitrogen and oxygen atoms in total. The zero-order valence-electron chi connectivity index (χ0n) is 13.5. The van der Waals surface area contributed by atoms with E-state index in [2.05, 4.69) is 18.7 Å². The molecule has 4 heteroatoms. The molecule has 0 radical (unpaired) electrons. The van der Waals surface area contributed by atoms with Crippen LogP contribution in [-0.2, 0) is 4.79 Å². The molecule has 1 unspecified atom stereocenters. The molecule has 1 atom stereocenters. The van der Waals surface area contributed by atoms with Gasteiger partial charge in [0.05, 0.1) is 0 Å². The van der Waals surface area contributed by atoms with Crippen LogP contribution in [0.3, 0.4) is 0 Å². The Balaban J connectivity index is 1.86. The molecule has 1 saturated heterocycles. The van der Waals surface area contributed by atoms with Gasteiger partial charge in [0, 0.05) is 25.7 Å². The van der Waals surface area contributed by atoms with Crippen molar-refractivity contribution in [2.24, 2.45) is 5.92 Å². The fourth-order valence-corrected chi connectivity index (χ4v) is 2.91. The topological polar surface area (TPSA) is 23.6 Å². The highest BCUT2D eigenvalue weighted by molar-refractivity contribution is 5.91. The smallest absolute Gasteiger partial charge is 0.246 e. The first-order valence-electron chi connectivity index (χ1n) is 8.07. The Morgan fingerprint density at radius 1 is 1.41 bits per heavy atom. The molecule has 0 N–H and O–H groups in total. The van der Waals surface area contributed by atoms with Crippen molar-refractivity contribution < 1.29 is 9.18 Å². The number of nitrogens with zero attached hydrogens (tertiary/aromatic N) is 2. The van der Waals surface area contributed by atoms with Crippen LogP contribution < -0.4 is 0 Å². The summed E-state index contributed by atoms with van der Waals surface area (Å²) in [5, 5.41) is 0. The van der Waals surface area contributed by atoms with Crippen molar-refractivity contribution in [3.63, 3.8) is 0 Å². The predicted molar refractivity (Wildman–Crippen MR) is 87.9 cm³/mol. The van der Waals surface area contributed by atoms with Crippen LogP contribution in [0.1, 0.15) is 25.8 Å². The van der Waals surface area contributed by atoms with Crippen molar-refractivity contribution in [1.29, 1.82) is 0 Å². The highest BCUT2D eigenvalue weighted by Gasteiger charge is 2.25. The monoisotopic (exact) mass is 304 g/mol. The first-order valence-corrected chi connectivity index (χ1v) is 8.07. The van der Waals surface area contributed by atoms with Crippen molar-refractivity contribution >= 4 is 12.0 Å². The van der Waals surface area contributed by atoms with Crippen molar-refractivity contribution in [2.45, 2.75) is 20.3 Å². The molecule has 2 rings (SSSR count). The number of hydrogen-bond donors (Lipinski definition) is 0. The highest BCUT2D eigenvalue weighted by Crippen LogP contribution is 2.18. The number of carbonyl (C=O) groups excluding carboxylic acids is 1. The maximum absolute atomic E-state index is 13.1. The lowest BCUT2D eigenvalue weighted by Crippen LogP contribution is -2.32. The van der Waals surface area contributed by atoms with E-state index in [0.717, 1.165) is 39.1 Å². The number of carbonyl (C=O) groups is 1. The Morgan fingerprint density at radius 2 is 2.18 bits per heavy atom. The predicted octanol–water partition coefficient (Wildman–Crippen LogP) is 3.03. The Hall–Kier alpha value is -1.68. The third-order valence-electron chi connectivity index (χ3n) is 4.28. The third-order valence-corrected chi connectivity index (χ3v) is 4.28. The quantitative estimate of drug-likeness (QED) is 0.754. The Morgan fingerprint density at radius 3 is 2.86 bits per heavy atom. The number of halogens is 1. The summed E-state index contributed by atoms with van der Waals surface area (Å²) in [7, 11) is 0. The van der Waals surface area contributed by atoms with Gasteiger partial charge in [-0.15, -0.1) is 0 Å². The molecule has 1 amide bonds. The van der Waals surface area contributed by atoms with Crippen molar-refractivity contribution in [3.8, 4) is 0 Å². The van der Waals surface area contributed by atoms with Gasteiger partial charge in [0.25, 0.3) is 0 Å². The van der Waals surface area contributed by atoms with Gasteiger partial charge in [-0.25, -0.2) is 4.39 Å². The van der Waals surface area contributed by atoms with Crippen LogP contribution in [0.4, 0.5) is 4.39 Å². The van der Waals surface area contributed by atoms with E-state index in [4.69, 9.17) is 0 Å². The summed E-state index contributed by atoms with van der Waals surface area (Å²) >= 11 is 0. The molecule has 0 saturated carbocycles. The molecule has 120 valence electrons. The fraction of sp³-hybridized carbons (Fsp3) is 0.500. The molecule has 1 aromatic rings. The zero-order valence-corrected chi connectivity index (χ0v) is 13.5. The van der Waals surface area contributed by atoms with Crippen molar-refractivity contribution in [2.75, 3.05) is 32.7 Å². The number of benzene rings is 1. The molecule has 0 bridgehead atoms. The van der Waals surface area contributed by atoms with E-state index in [0.29, 0.717) is 11.5 Å². The summed E-state index contributed by atoms with van der Waals surface area (Å²) in [5.74, 6) is 0.299. The summed E-state index contributed by atoms with van der Waals surface area (Å²) < 4.78 is 13.1. The van der Waals surface area contributed by atoms with Crippen LogP contribution in [0, 0.1) is 11.7 Å². The van der Waals surface area contributed by atoms with Gasteiger partial charge in [-0.2, -0.15) is 0 Å². The van der Waals surface area contributed by atoms with Crippen LogP contribution in [0.2, 0.25) is 0 Å². The molecule has 22 heavy (non-hydrogen) atoms. The molecule has 0 aliphatic carbocycles. The molecule has 1 aromatic carbocycles. The SMILES string of the molecule is CCN(CC)CC1CCN(C(=O)C=Cc2cccc(F)c2)C1. The van der Waals surface area contributed by atoms with Gasteiger partial charge < -0.3 is 9.80 Å². The van der Waals surface area contributed by atoms with E-state index in [1.165, 1.54) is 12.1 Å². The Bertz CT molecular complexity index is 526. The minimum absolute atomic E-state index is 0.0197. The van der Waals surface area contributed by atoms with Crippen LogP contribution in [0.15, 0.2) is 30.3 Å². The lowest BCUT2D eigenvalue weighted by atomic mass is 10.1. The number of rotatable bonds is 6. The van der Waals surface area contributed by atoms with Crippen LogP contribution in [-0.4, -0.2) is 48.4 Å². The van der Waals surface area contributed by atoms with E-state index < -0.39 is 0 Å². The summed E-state index contributed by atoms with van der Waals surface area (Å²) in [5.41, 5.74) is 0.715. The summed E-state index contributed by atoms with van der Waals surface area (Å²) in [6.07, 6.45) is 4.30. The van der Waals surface area contributed by atoms with Crippen molar-refractivity contribution in [3.05, 3.63) is 41.7 Å². The first kappa shape index (κ1) is 16.7. The van der Waals surface area contributed by atoms with E-state index in [1.807, 2.05) is 4.90 Å². The average molecular weight is 304 g/mol. The van der Waals surface area contributed by atoms with Gasteiger partial charge in [-0.3, -0.25) is 4.79 Å². The second-order valence-electron chi connectivity index (χ2n) is 5.81. The van der Waals surface area contributed by atoms with Crippen LogP contribution >= 0.6 is 0 Å². The maximum Gasteiger partial charge on any atom is 0.246 e. The molecule has 1 fully saturated rings. The summed E-state index contributed by atoms with van der Waals surface area (Å²) in [6, 6.07) is 6.27. The van der Waals surface area contributed by atoms with Crippen LogP contribution in [0.5, 0.6) is 0 Å². The second kappa shape index (κ2) is 8.08. The molecular formula is C18H25FN2O. The van der Waals surface area contributed by atoms with E-state index in [9.17, 15) is 9.18 Å². The van der Waals surface area contributed by atoms with E-state index >= 15 is 0 Å². The third kappa shape index (κ3) is 4.67. The second-order valence-corrected chi connectivity index (χ2v) is 5.81. The number of amides is 1. The first-order chi connectivity index (χ1) is 10.6. The van der Waals surface area contributed by atoms with Gasteiger partial charge >= 0.3 is 0 Å². The Kier molecular flexibility index (Phi) is 6.13. The molecule has 1 aliphatic heterocycles. The van der Waals surface area contributed by atoms with E-state index in [1.54, 1.807) is 24.3 Å². The molecular weight excluding hydrogens is 279 g/mol. The molecule has 0 spiro atoms. The minimum Gasteiger partial charge on any atom is -0.339 e. The van der Waals surface area contributed by atoms with Crippen LogP contribution in [0.25, 0.3) is 6.08 Å². The van der Waals surface area contributed by atoms with Crippen molar-refractivity contribution in [1.82, 2.24) is 9.80 Å². The number of likely N-dealkylation sites (tertiary alicyclic amines) is 1. The standard InChI is InChI=1S/C18H25FN2O/c1-3-20(4-2)13-16-10-11-21(14-16)18(22)9-8-15-6-5-7-17(19)12-15/h5-9,12,16H,3-4,10-11,13-14H2,1-2H3. The molecule has 0 aromatic heterocycles. The normalized spacial score (nSPS) is 18.5. The van der Waals surface area contributed by atoms with E-state index in [-0.39, 0.29) is 11.7 Å². The molecule has 1 aliphatic rings. The largest absolute Gasteiger partial charge is 0.339 e. The maximum atomic E-state index is 13.1. The average Bonchev–Trinajstić information content (AvgIpc) is 2.99. The lowest BCUT2D eigenvalue weighted by Gasteiger charge is -2.22. The highest BCUT2D eigenvalue weighted by atomic mass is 19.1. The molecule has 1 heterocycles. The van der Waals surface area contributed by atoms with Gasteiger partial charge in [0.1, 0.15) is 5.82 Å². The van der Waals surface area contributed by atoms with Gasteiger partial charge in [-0.1, -0.05) is 26.0 Å². The summed E-state index contributed by atoms with van der Waals surface area (Å²) in [4.78, 5) is 16.5. The Labute approximate surface area is 132 Å². The number of hydrogen-bond acceptors (Lipinski definition) is 2.